The van der Waals surface area contributed by atoms with Crippen molar-refractivity contribution in [1.29, 1.82) is 0 Å². The fraction of sp³-hybridized carbons (Fsp3) is 0.500. The summed E-state index contributed by atoms with van der Waals surface area (Å²) in [6.07, 6.45) is 10.6. The average molecular weight is 432 g/mol. The quantitative estimate of drug-likeness (QED) is 0.569. The van der Waals surface area contributed by atoms with Crippen LogP contribution in [0.2, 0.25) is 0 Å². The highest BCUT2D eigenvalue weighted by Gasteiger charge is 2.18. The monoisotopic (exact) mass is 431 g/mol. The first-order valence-electron chi connectivity index (χ1n) is 12.0. The van der Waals surface area contributed by atoms with Gasteiger partial charge in [0.05, 0.1) is 24.9 Å². The van der Waals surface area contributed by atoms with Crippen molar-refractivity contribution in [1.82, 2.24) is 24.6 Å². The average Bonchev–Trinajstić information content (AvgIpc) is 3.44. The van der Waals surface area contributed by atoms with Crippen molar-refractivity contribution in [3.8, 4) is 11.1 Å². The Morgan fingerprint density at radius 3 is 2.47 bits per heavy atom. The molecule has 2 saturated heterocycles. The molecule has 0 unspecified atom stereocenters. The minimum atomic E-state index is 0.256. The molecule has 0 bridgehead atoms. The van der Waals surface area contributed by atoms with Crippen LogP contribution in [0.3, 0.4) is 0 Å². The third kappa shape index (κ3) is 4.76. The lowest BCUT2D eigenvalue weighted by Gasteiger charge is -2.26. The van der Waals surface area contributed by atoms with Gasteiger partial charge in [0.2, 0.25) is 0 Å². The lowest BCUT2D eigenvalue weighted by atomic mass is 10.0. The fourth-order valence-electron chi connectivity index (χ4n) is 5.12. The number of rotatable bonds is 7. The predicted octanol–water partition coefficient (Wildman–Crippen LogP) is 3.83. The van der Waals surface area contributed by atoms with Crippen molar-refractivity contribution >= 4 is 16.6 Å². The molecule has 2 fully saturated rings. The van der Waals surface area contributed by atoms with Crippen LogP contribution in [-0.2, 0) is 24.8 Å². The predicted molar refractivity (Wildman–Crippen MR) is 127 cm³/mol. The Labute approximate surface area is 190 Å². The summed E-state index contributed by atoms with van der Waals surface area (Å²) in [6.45, 7) is 5.92. The van der Waals surface area contributed by atoms with Crippen molar-refractivity contribution in [2.75, 3.05) is 32.7 Å². The van der Waals surface area contributed by atoms with E-state index >= 15 is 0 Å². The molecule has 0 saturated carbocycles. The van der Waals surface area contributed by atoms with Gasteiger partial charge in [-0.1, -0.05) is 18.6 Å². The van der Waals surface area contributed by atoms with E-state index in [1.807, 2.05) is 24.1 Å². The Morgan fingerprint density at radius 2 is 1.66 bits per heavy atom. The van der Waals surface area contributed by atoms with Crippen LogP contribution < -0.4 is 0 Å². The Hall–Kier alpha value is -2.57. The molecule has 2 aliphatic heterocycles. The molecule has 6 nitrogen and oxygen atoms in total. The molecular formula is C26H33N5O. The number of nitrogens with zero attached hydrogens (tertiary/aromatic N) is 5. The highest BCUT2D eigenvalue weighted by Crippen LogP contribution is 2.28. The molecule has 0 spiro atoms. The zero-order valence-corrected chi connectivity index (χ0v) is 19.1. The third-order valence-corrected chi connectivity index (χ3v) is 6.95. The summed E-state index contributed by atoms with van der Waals surface area (Å²) in [5.74, 6) is 0.256. The zero-order valence-electron chi connectivity index (χ0n) is 19.1. The first kappa shape index (κ1) is 21.3. The highest BCUT2D eigenvalue weighted by atomic mass is 16.1. The smallest absolute Gasteiger partial charge is 0.152 e. The normalized spacial score (nSPS) is 17.9. The van der Waals surface area contributed by atoms with Crippen LogP contribution in [0.25, 0.3) is 21.9 Å². The van der Waals surface area contributed by atoms with Crippen LogP contribution in [0.15, 0.2) is 36.7 Å². The topological polar surface area (TPSA) is 54.3 Å². The number of pyridine rings is 1. The second-order valence-electron chi connectivity index (χ2n) is 9.40. The summed E-state index contributed by atoms with van der Waals surface area (Å²) in [6, 6.07) is 8.60. The molecular weight excluding hydrogens is 398 g/mol. The Bertz CT molecular complexity index is 1090. The first-order chi connectivity index (χ1) is 15.7. The number of carbonyl (C=O) groups excluding carboxylic acids is 1. The lowest BCUT2D eigenvalue weighted by molar-refractivity contribution is -0.119. The summed E-state index contributed by atoms with van der Waals surface area (Å²) < 4.78 is 2.02. The van der Waals surface area contributed by atoms with E-state index in [1.54, 1.807) is 0 Å². The van der Waals surface area contributed by atoms with Gasteiger partial charge < -0.3 is 0 Å². The van der Waals surface area contributed by atoms with Gasteiger partial charge in [0.25, 0.3) is 0 Å². The second kappa shape index (κ2) is 9.51. The van der Waals surface area contributed by atoms with Gasteiger partial charge in [-0.2, -0.15) is 5.10 Å². The lowest BCUT2D eigenvalue weighted by Crippen LogP contribution is -2.30. The van der Waals surface area contributed by atoms with E-state index < -0.39 is 0 Å². The maximum absolute atomic E-state index is 12.5. The molecule has 3 aromatic rings. The summed E-state index contributed by atoms with van der Waals surface area (Å²) in [5, 5.41) is 6.81. The molecule has 168 valence electrons. The second-order valence-corrected chi connectivity index (χ2v) is 9.40. The maximum Gasteiger partial charge on any atom is 0.152 e. The third-order valence-electron chi connectivity index (χ3n) is 6.95. The number of hydrogen-bond acceptors (Lipinski definition) is 5. The summed E-state index contributed by atoms with van der Waals surface area (Å²) in [5.41, 5.74) is 4.50. The van der Waals surface area contributed by atoms with E-state index in [0.717, 1.165) is 36.1 Å². The number of piperidine rings is 1. The van der Waals surface area contributed by atoms with Crippen LogP contribution in [0.4, 0.5) is 0 Å². The molecule has 4 heterocycles. The van der Waals surface area contributed by atoms with Gasteiger partial charge in [0.1, 0.15) is 0 Å². The zero-order chi connectivity index (χ0) is 21.9. The molecule has 2 aliphatic rings. The largest absolute Gasteiger partial charge is 0.298 e. The van der Waals surface area contributed by atoms with Crippen molar-refractivity contribution < 1.29 is 4.79 Å². The number of ketones is 1. The Balaban J connectivity index is 1.36. The van der Waals surface area contributed by atoms with Crippen LogP contribution in [-0.4, -0.2) is 63.1 Å². The van der Waals surface area contributed by atoms with Crippen LogP contribution >= 0.6 is 0 Å². The van der Waals surface area contributed by atoms with E-state index in [-0.39, 0.29) is 5.78 Å². The van der Waals surface area contributed by atoms with E-state index in [9.17, 15) is 4.79 Å². The maximum atomic E-state index is 12.5. The molecule has 0 aliphatic carbocycles. The number of carbonyl (C=O) groups is 1. The van der Waals surface area contributed by atoms with E-state index in [0.29, 0.717) is 13.0 Å². The van der Waals surface area contributed by atoms with Gasteiger partial charge in [-0.25, -0.2) is 0 Å². The van der Waals surface area contributed by atoms with E-state index in [2.05, 4.69) is 44.1 Å². The van der Waals surface area contributed by atoms with E-state index in [4.69, 9.17) is 0 Å². The fourth-order valence-corrected chi connectivity index (χ4v) is 5.12. The van der Waals surface area contributed by atoms with Gasteiger partial charge in [-0.05, 0) is 74.9 Å². The van der Waals surface area contributed by atoms with Crippen LogP contribution in [0.1, 0.15) is 43.5 Å². The number of likely N-dealkylation sites (tertiary alicyclic amines) is 2. The molecule has 32 heavy (non-hydrogen) atoms. The SMILES string of the molecule is Cn1ncc(-c2ccc3cnc(CC(=O)CN4CCCC4)cc3c2)c1CN1CCCCC1. The summed E-state index contributed by atoms with van der Waals surface area (Å²) >= 11 is 0. The number of hydrogen-bond donors (Lipinski definition) is 0. The van der Waals surface area contributed by atoms with Crippen molar-refractivity contribution in [3.63, 3.8) is 0 Å². The van der Waals surface area contributed by atoms with Crippen LogP contribution in [0.5, 0.6) is 0 Å². The Morgan fingerprint density at radius 1 is 0.906 bits per heavy atom. The number of aromatic nitrogens is 3. The molecule has 0 amide bonds. The van der Waals surface area contributed by atoms with E-state index in [1.165, 1.54) is 62.0 Å². The number of aryl methyl sites for hydroxylation is 1. The summed E-state index contributed by atoms with van der Waals surface area (Å²) in [4.78, 5) is 21.9. The van der Waals surface area contributed by atoms with Gasteiger partial charge in [0, 0.05) is 36.4 Å². The minimum absolute atomic E-state index is 0.256. The molecule has 1 aromatic carbocycles. The molecule has 2 aromatic heterocycles. The molecule has 0 N–H and O–H groups in total. The van der Waals surface area contributed by atoms with Gasteiger partial charge in [-0.15, -0.1) is 0 Å². The van der Waals surface area contributed by atoms with Crippen molar-refractivity contribution in [3.05, 3.63) is 48.0 Å². The van der Waals surface area contributed by atoms with Gasteiger partial charge in [0.15, 0.2) is 5.78 Å². The molecule has 0 radical (unpaired) electrons. The minimum Gasteiger partial charge on any atom is -0.298 e. The van der Waals surface area contributed by atoms with Crippen LogP contribution in [0, 0.1) is 0 Å². The highest BCUT2D eigenvalue weighted by molar-refractivity contribution is 5.89. The van der Waals surface area contributed by atoms with Gasteiger partial charge in [-0.3, -0.25) is 24.3 Å². The molecule has 0 atom stereocenters. The molecule has 5 rings (SSSR count). The van der Waals surface area contributed by atoms with Crippen molar-refractivity contribution in [2.45, 2.75) is 45.1 Å². The molecule has 6 heteroatoms. The van der Waals surface area contributed by atoms with Gasteiger partial charge >= 0.3 is 0 Å². The Kier molecular flexibility index (Phi) is 6.32. The number of benzene rings is 1. The number of Topliss-reactive ketones (excluding diaryl/α,β-unsaturated/α-hetero) is 1. The summed E-state index contributed by atoms with van der Waals surface area (Å²) in [7, 11) is 2.04. The standard InChI is InChI=1S/C26H33N5O/c1-29-26(19-31-9-3-2-4-10-31)25(17-28-29)20-7-8-21-16-27-23(14-22(21)13-20)15-24(32)18-30-11-5-6-12-30/h7-8,13-14,16-17H,2-6,9-12,15,18-19H2,1H3. The number of fused-ring (bicyclic) bond motifs is 1. The van der Waals surface area contributed by atoms with Crippen molar-refractivity contribution in [2.24, 2.45) is 7.05 Å². The first-order valence-corrected chi connectivity index (χ1v) is 12.0.